The number of rotatable bonds is 4. The van der Waals surface area contributed by atoms with Gasteiger partial charge in [-0.15, -0.1) is 0 Å². The Morgan fingerprint density at radius 3 is 2.41 bits per heavy atom. The summed E-state index contributed by atoms with van der Waals surface area (Å²) >= 11 is 0. The zero-order valence-corrected chi connectivity index (χ0v) is 18.4. The lowest BCUT2D eigenvalue weighted by Gasteiger charge is -2.39. The summed E-state index contributed by atoms with van der Waals surface area (Å²) < 4.78 is 0. The second-order valence-electron chi connectivity index (χ2n) is 9.43. The van der Waals surface area contributed by atoms with E-state index >= 15 is 0 Å². The molecular weight excluding hydrogens is 410 g/mol. The molecule has 3 unspecified atom stereocenters. The first-order valence-corrected chi connectivity index (χ1v) is 11.8. The fourth-order valence-corrected chi connectivity index (χ4v) is 5.60. The van der Waals surface area contributed by atoms with Crippen LogP contribution in [0.2, 0.25) is 0 Å². The van der Waals surface area contributed by atoms with Crippen LogP contribution in [0.1, 0.15) is 46.4 Å². The topological polar surface area (TPSA) is 108 Å². The van der Waals surface area contributed by atoms with Gasteiger partial charge in [0, 0.05) is 32.7 Å². The van der Waals surface area contributed by atoms with Gasteiger partial charge in [0.15, 0.2) is 0 Å². The summed E-state index contributed by atoms with van der Waals surface area (Å²) in [4.78, 5) is 32.4. The van der Waals surface area contributed by atoms with Gasteiger partial charge < -0.3 is 20.4 Å². The summed E-state index contributed by atoms with van der Waals surface area (Å²) in [6, 6.07) is 4.78. The lowest BCUT2D eigenvalue weighted by Crippen LogP contribution is -2.58. The zero-order chi connectivity index (χ0) is 22.2. The number of piperidine rings is 2. The molecule has 0 spiro atoms. The van der Waals surface area contributed by atoms with Gasteiger partial charge in [0.2, 0.25) is 0 Å². The molecule has 9 nitrogen and oxygen atoms in total. The molecule has 32 heavy (non-hydrogen) atoms. The Morgan fingerprint density at radius 2 is 1.69 bits per heavy atom. The summed E-state index contributed by atoms with van der Waals surface area (Å²) in [5.41, 5.74) is 1.66. The summed E-state index contributed by atoms with van der Waals surface area (Å²) in [7, 11) is 0. The van der Waals surface area contributed by atoms with Crippen LogP contribution in [0.3, 0.4) is 0 Å². The summed E-state index contributed by atoms with van der Waals surface area (Å²) in [5, 5.41) is 26.1. The Morgan fingerprint density at radius 1 is 0.938 bits per heavy atom. The van der Waals surface area contributed by atoms with Crippen LogP contribution in [0.5, 0.6) is 0 Å². The van der Waals surface area contributed by atoms with Gasteiger partial charge >= 0.3 is 0 Å². The molecular formula is C23H33N5O4. The number of carbonyl (C=O) groups excluding carboxylic acids is 2. The van der Waals surface area contributed by atoms with Crippen molar-refractivity contribution < 1.29 is 19.8 Å². The molecule has 3 saturated heterocycles. The molecule has 174 valence electrons. The number of piperazine rings is 1. The first kappa shape index (κ1) is 21.8. The summed E-state index contributed by atoms with van der Waals surface area (Å²) in [5.74, 6) is 0.0455. The normalized spacial score (nSPS) is 30.1. The van der Waals surface area contributed by atoms with Crippen molar-refractivity contribution in [1.82, 2.24) is 20.4 Å². The number of amides is 2. The molecule has 3 atom stereocenters. The number of anilines is 1. The number of hydrogen-bond acceptors (Lipinski definition) is 8. The molecule has 0 radical (unpaired) electrons. The van der Waals surface area contributed by atoms with E-state index in [1.807, 2.05) is 12.1 Å². The quantitative estimate of drug-likeness (QED) is 0.474. The Bertz CT molecular complexity index is 866. The largest absolute Gasteiger partial charge is 0.379 e. The summed E-state index contributed by atoms with van der Waals surface area (Å²) in [6.45, 7) is 6.89. The fourth-order valence-electron chi connectivity index (χ4n) is 5.60. The predicted octanol–water partition coefficient (Wildman–Crippen LogP) is -0.207. The molecule has 5 rings (SSSR count). The van der Waals surface area contributed by atoms with Crippen LogP contribution < -0.4 is 15.5 Å². The Kier molecular flexibility index (Phi) is 6.18. The molecule has 9 heteroatoms. The minimum atomic E-state index is -1.14. The third kappa shape index (κ3) is 4.04. The van der Waals surface area contributed by atoms with Gasteiger partial charge in [-0.2, -0.15) is 0 Å². The monoisotopic (exact) mass is 443 g/mol. The van der Waals surface area contributed by atoms with Crippen LogP contribution in [0.25, 0.3) is 0 Å². The van der Waals surface area contributed by atoms with Crippen molar-refractivity contribution >= 4 is 17.5 Å². The maximum Gasteiger partial charge on any atom is 0.264 e. The molecule has 4 heterocycles. The van der Waals surface area contributed by atoms with Crippen LogP contribution >= 0.6 is 0 Å². The van der Waals surface area contributed by atoms with E-state index in [4.69, 9.17) is 0 Å². The molecule has 1 aromatic carbocycles. The maximum absolute atomic E-state index is 13.4. The van der Waals surface area contributed by atoms with E-state index in [9.17, 15) is 19.8 Å². The molecule has 0 aromatic heterocycles. The van der Waals surface area contributed by atoms with Crippen LogP contribution in [0, 0.1) is 5.92 Å². The maximum atomic E-state index is 13.4. The van der Waals surface area contributed by atoms with Gasteiger partial charge in [-0.25, -0.2) is 0 Å². The number of hydrogen-bond donors (Lipinski definition) is 4. The lowest BCUT2D eigenvalue weighted by atomic mass is 9.97. The van der Waals surface area contributed by atoms with E-state index < -0.39 is 18.5 Å². The van der Waals surface area contributed by atoms with Crippen LogP contribution in [0.4, 0.5) is 5.69 Å². The van der Waals surface area contributed by atoms with Gasteiger partial charge in [-0.3, -0.25) is 24.7 Å². The molecule has 3 fully saturated rings. The second kappa shape index (κ2) is 9.07. The number of fused-ring (bicyclic) bond motifs is 1. The van der Waals surface area contributed by atoms with Crippen molar-refractivity contribution in [1.29, 1.82) is 0 Å². The van der Waals surface area contributed by atoms with E-state index in [1.54, 1.807) is 6.07 Å². The average Bonchev–Trinajstić information content (AvgIpc) is 3.06. The molecule has 2 amide bonds. The van der Waals surface area contributed by atoms with Crippen LogP contribution in [-0.2, 0) is 0 Å². The van der Waals surface area contributed by atoms with Gasteiger partial charge in [-0.1, -0.05) is 6.07 Å². The molecule has 1 aromatic rings. The molecule has 4 N–H and O–H groups in total. The van der Waals surface area contributed by atoms with Gasteiger partial charge in [-0.05, 0) is 56.8 Å². The minimum Gasteiger partial charge on any atom is -0.379 e. The van der Waals surface area contributed by atoms with Crippen LogP contribution in [-0.4, -0.2) is 96.1 Å². The number of aliphatic hydroxyl groups is 2. The third-order valence-electron chi connectivity index (χ3n) is 7.41. The van der Waals surface area contributed by atoms with E-state index in [0.29, 0.717) is 24.0 Å². The van der Waals surface area contributed by atoms with E-state index in [0.717, 1.165) is 57.4 Å². The zero-order valence-electron chi connectivity index (χ0n) is 18.4. The highest BCUT2D eigenvalue weighted by molar-refractivity contribution is 6.24. The Labute approximate surface area is 188 Å². The smallest absolute Gasteiger partial charge is 0.264 e. The van der Waals surface area contributed by atoms with Crippen molar-refractivity contribution in [2.45, 2.75) is 44.2 Å². The minimum absolute atomic E-state index is 0.347. The first-order chi connectivity index (χ1) is 15.5. The van der Waals surface area contributed by atoms with Gasteiger partial charge in [0.05, 0.1) is 22.9 Å². The number of aliphatic hydroxyl groups excluding tert-OH is 2. The first-order valence-electron chi connectivity index (χ1n) is 11.8. The summed E-state index contributed by atoms with van der Waals surface area (Å²) in [6.07, 6.45) is 1.25. The highest BCUT2D eigenvalue weighted by Crippen LogP contribution is 2.35. The average molecular weight is 444 g/mol. The molecule has 4 aliphatic rings. The SMILES string of the molecule is O=C1c2cccc(N3CCN(CC4CCNCC4)CC3)c2C(=O)N1C1CCC(O)NC1O. The molecule has 0 aliphatic carbocycles. The van der Waals surface area contributed by atoms with E-state index in [-0.39, 0.29) is 11.8 Å². The third-order valence-corrected chi connectivity index (χ3v) is 7.41. The lowest BCUT2D eigenvalue weighted by molar-refractivity contribution is -0.0413. The molecule has 0 saturated carbocycles. The van der Waals surface area contributed by atoms with Gasteiger partial charge in [0.1, 0.15) is 12.5 Å². The second-order valence-corrected chi connectivity index (χ2v) is 9.43. The molecule has 4 aliphatic heterocycles. The number of nitrogens with one attached hydrogen (secondary N) is 2. The number of carbonyl (C=O) groups is 2. The van der Waals surface area contributed by atoms with E-state index in [2.05, 4.69) is 20.4 Å². The Balaban J connectivity index is 1.29. The van der Waals surface area contributed by atoms with Crippen molar-refractivity contribution in [3.63, 3.8) is 0 Å². The van der Waals surface area contributed by atoms with E-state index in [1.165, 1.54) is 17.7 Å². The number of benzene rings is 1. The highest BCUT2D eigenvalue weighted by Gasteiger charge is 2.46. The highest BCUT2D eigenvalue weighted by atomic mass is 16.3. The predicted molar refractivity (Wildman–Crippen MR) is 119 cm³/mol. The van der Waals surface area contributed by atoms with Crippen molar-refractivity contribution in [2.75, 3.05) is 50.7 Å². The molecule has 0 bridgehead atoms. The van der Waals surface area contributed by atoms with Crippen molar-refractivity contribution in [3.8, 4) is 0 Å². The van der Waals surface area contributed by atoms with Crippen LogP contribution in [0.15, 0.2) is 18.2 Å². The fraction of sp³-hybridized carbons (Fsp3) is 0.652. The number of imide groups is 1. The van der Waals surface area contributed by atoms with Crippen molar-refractivity contribution in [2.24, 2.45) is 5.92 Å². The van der Waals surface area contributed by atoms with Crippen molar-refractivity contribution in [3.05, 3.63) is 29.3 Å². The van der Waals surface area contributed by atoms with Gasteiger partial charge in [0.25, 0.3) is 11.8 Å². The standard InChI is InChI=1S/C23H33N5O4/c29-19-5-4-18(21(30)25-19)28-22(31)16-2-1-3-17(20(16)23(28)32)27-12-10-26(11-13-27)14-15-6-8-24-9-7-15/h1-3,15,18-19,21,24-25,29-30H,4-14H2. The number of nitrogens with zero attached hydrogens (tertiary/aromatic N) is 3. The Hall–Kier alpha value is -2.04.